The van der Waals surface area contributed by atoms with Gasteiger partial charge in [0.25, 0.3) is 0 Å². The van der Waals surface area contributed by atoms with E-state index in [4.69, 9.17) is 4.42 Å². The van der Waals surface area contributed by atoms with E-state index >= 15 is 0 Å². The molecule has 0 unspecified atom stereocenters. The Bertz CT molecular complexity index is 3010. The number of furan rings is 1. The maximum Gasteiger partial charge on any atom is 0.143 e. The van der Waals surface area contributed by atoms with E-state index in [0.29, 0.717) is 0 Å². The molecule has 11 rings (SSSR count). The summed E-state index contributed by atoms with van der Waals surface area (Å²) in [6, 6.07) is 64.4. The Kier molecular flexibility index (Phi) is 6.98. The second-order valence-corrected chi connectivity index (χ2v) is 16.5. The molecule has 0 bridgehead atoms. The van der Waals surface area contributed by atoms with Crippen LogP contribution >= 0.6 is 0 Å². The molecule has 2 aliphatic carbocycles. The second-order valence-electron chi connectivity index (χ2n) is 16.5. The number of rotatable bonds is 5. The molecule has 0 N–H and O–H groups in total. The zero-order valence-corrected chi connectivity index (χ0v) is 32.1. The third kappa shape index (κ3) is 4.62. The van der Waals surface area contributed by atoms with Gasteiger partial charge in [-0.2, -0.15) is 0 Å². The summed E-state index contributed by atoms with van der Waals surface area (Å²) in [5, 5.41) is 2.28. The molecule has 9 aromatic rings. The van der Waals surface area contributed by atoms with Crippen molar-refractivity contribution in [1.29, 1.82) is 0 Å². The number of fused-ring (bicyclic) bond motifs is 9. The minimum absolute atomic E-state index is 0.0904. The Labute approximate surface area is 328 Å². The van der Waals surface area contributed by atoms with Crippen molar-refractivity contribution in [2.45, 2.75) is 38.5 Å². The van der Waals surface area contributed by atoms with E-state index in [2.05, 4.69) is 202 Å². The van der Waals surface area contributed by atoms with E-state index in [1.807, 2.05) is 6.07 Å². The molecule has 0 amide bonds. The molecular formula is C54H41NO. The summed E-state index contributed by atoms with van der Waals surface area (Å²) in [6.07, 6.45) is 0. The van der Waals surface area contributed by atoms with Crippen LogP contribution in [0.25, 0.3) is 66.4 Å². The Balaban J connectivity index is 1.06. The van der Waals surface area contributed by atoms with Gasteiger partial charge in [0.1, 0.15) is 11.2 Å². The number of hydrogen-bond donors (Lipinski definition) is 0. The van der Waals surface area contributed by atoms with E-state index in [1.54, 1.807) is 0 Å². The van der Waals surface area contributed by atoms with E-state index in [9.17, 15) is 0 Å². The largest absolute Gasteiger partial charge is 0.455 e. The first-order valence-corrected chi connectivity index (χ1v) is 19.7. The van der Waals surface area contributed by atoms with Gasteiger partial charge in [-0.1, -0.05) is 167 Å². The molecule has 1 aromatic heterocycles. The first-order chi connectivity index (χ1) is 27.3. The molecule has 1 heterocycles. The third-order valence-corrected chi connectivity index (χ3v) is 12.7. The fraction of sp³-hybridized carbons (Fsp3) is 0.111. The molecule has 0 radical (unpaired) electrons. The van der Waals surface area contributed by atoms with Gasteiger partial charge >= 0.3 is 0 Å². The topological polar surface area (TPSA) is 16.4 Å². The number of benzene rings is 8. The monoisotopic (exact) mass is 719 g/mol. The summed E-state index contributed by atoms with van der Waals surface area (Å²) < 4.78 is 6.45. The molecule has 0 saturated heterocycles. The predicted molar refractivity (Wildman–Crippen MR) is 234 cm³/mol. The molecule has 2 aliphatic rings. The van der Waals surface area contributed by atoms with Crippen molar-refractivity contribution in [3.8, 4) is 44.5 Å². The summed E-state index contributed by atoms with van der Waals surface area (Å²) in [6.45, 7) is 9.47. The van der Waals surface area contributed by atoms with Gasteiger partial charge in [0, 0.05) is 38.5 Å². The van der Waals surface area contributed by atoms with Crippen molar-refractivity contribution in [1.82, 2.24) is 0 Å². The molecule has 0 spiro atoms. The van der Waals surface area contributed by atoms with Crippen molar-refractivity contribution in [2.24, 2.45) is 0 Å². The van der Waals surface area contributed by atoms with Gasteiger partial charge in [0.15, 0.2) is 0 Å². The van der Waals surface area contributed by atoms with Gasteiger partial charge in [-0.15, -0.1) is 0 Å². The Morgan fingerprint density at radius 3 is 1.52 bits per heavy atom. The van der Waals surface area contributed by atoms with Crippen LogP contribution in [0.2, 0.25) is 0 Å². The maximum absolute atomic E-state index is 6.45. The van der Waals surface area contributed by atoms with Gasteiger partial charge < -0.3 is 9.32 Å². The van der Waals surface area contributed by atoms with Crippen molar-refractivity contribution in [3.05, 3.63) is 198 Å². The molecule has 0 saturated carbocycles. The van der Waals surface area contributed by atoms with Gasteiger partial charge in [-0.3, -0.25) is 0 Å². The van der Waals surface area contributed by atoms with Crippen LogP contribution < -0.4 is 4.90 Å². The highest BCUT2D eigenvalue weighted by molar-refractivity contribution is 6.09. The van der Waals surface area contributed by atoms with Crippen LogP contribution in [0.3, 0.4) is 0 Å². The molecular weight excluding hydrogens is 679 g/mol. The van der Waals surface area contributed by atoms with Crippen LogP contribution in [0.15, 0.2) is 180 Å². The Morgan fingerprint density at radius 2 is 0.839 bits per heavy atom. The molecule has 8 aromatic carbocycles. The fourth-order valence-electron chi connectivity index (χ4n) is 10.1. The number of hydrogen-bond acceptors (Lipinski definition) is 2. The standard InChI is InChI=1S/C54H41NO/c1-53(2)46-22-8-5-14-40(46)43-19-11-17-38(50(43)53)34-26-30-36(31-27-34)55(48-24-13-20-44-41-15-6-9-23-47(41)54(3,4)51(44)48)37-32-28-35(29-33-37)39-18-12-21-45-42-16-7-10-25-49(42)56-52(39)45/h5-33H,1-4H3. The zero-order chi connectivity index (χ0) is 37.8. The van der Waals surface area contributed by atoms with E-state index in [1.165, 1.54) is 61.3 Å². The predicted octanol–water partition coefficient (Wildman–Crippen LogP) is 15.0. The maximum atomic E-state index is 6.45. The van der Waals surface area contributed by atoms with Crippen molar-refractivity contribution >= 4 is 39.0 Å². The minimum atomic E-state index is -0.178. The molecule has 2 heteroatoms. The van der Waals surface area contributed by atoms with E-state index < -0.39 is 0 Å². The lowest BCUT2D eigenvalue weighted by molar-refractivity contribution is 0.661. The van der Waals surface area contributed by atoms with Crippen LogP contribution in [0, 0.1) is 0 Å². The van der Waals surface area contributed by atoms with Gasteiger partial charge in [-0.05, 0) is 97.6 Å². The van der Waals surface area contributed by atoms with Gasteiger partial charge in [0.2, 0.25) is 0 Å². The van der Waals surface area contributed by atoms with Crippen LogP contribution in [-0.4, -0.2) is 0 Å². The van der Waals surface area contributed by atoms with Crippen molar-refractivity contribution in [2.75, 3.05) is 4.90 Å². The summed E-state index contributed by atoms with van der Waals surface area (Å²) in [5.41, 5.74) is 20.6. The molecule has 56 heavy (non-hydrogen) atoms. The average Bonchev–Trinajstić information content (AvgIpc) is 3.82. The van der Waals surface area contributed by atoms with Crippen LogP contribution in [0.1, 0.15) is 49.9 Å². The minimum Gasteiger partial charge on any atom is -0.455 e. The molecule has 2 nitrogen and oxygen atoms in total. The lowest BCUT2D eigenvalue weighted by Gasteiger charge is -2.32. The third-order valence-electron chi connectivity index (χ3n) is 12.7. The van der Waals surface area contributed by atoms with E-state index in [0.717, 1.165) is 44.4 Å². The van der Waals surface area contributed by atoms with Crippen LogP contribution in [0.4, 0.5) is 17.1 Å². The summed E-state index contributed by atoms with van der Waals surface area (Å²) in [7, 11) is 0. The average molecular weight is 720 g/mol. The molecule has 0 fully saturated rings. The van der Waals surface area contributed by atoms with Crippen molar-refractivity contribution < 1.29 is 4.42 Å². The van der Waals surface area contributed by atoms with Crippen LogP contribution in [0.5, 0.6) is 0 Å². The number of para-hydroxylation sites is 2. The van der Waals surface area contributed by atoms with Gasteiger partial charge in [-0.25, -0.2) is 0 Å². The lowest BCUT2D eigenvalue weighted by Crippen LogP contribution is -2.20. The SMILES string of the molecule is CC1(C)c2ccccc2-c2cccc(-c3ccc(N(c4ccc(-c5cccc6c5oc5ccccc56)cc4)c4cccc5c4C(C)(C)c4ccccc4-5)cc3)c21. The second kappa shape index (κ2) is 11.9. The fourth-order valence-corrected chi connectivity index (χ4v) is 10.1. The lowest BCUT2D eigenvalue weighted by atomic mass is 9.79. The summed E-state index contributed by atoms with van der Waals surface area (Å²) in [4.78, 5) is 2.46. The highest BCUT2D eigenvalue weighted by atomic mass is 16.3. The molecule has 268 valence electrons. The quantitative estimate of drug-likeness (QED) is 0.176. The first kappa shape index (κ1) is 32.8. The number of nitrogens with zero attached hydrogens (tertiary/aromatic N) is 1. The summed E-state index contributed by atoms with van der Waals surface area (Å²) >= 11 is 0. The number of anilines is 3. The normalized spacial score (nSPS) is 14.4. The highest BCUT2D eigenvalue weighted by Crippen LogP contribution is 2.55. The smallest absolute Gasteiger partial charge is 0.143 e. The van der Waals surface area contributed by atoms with Gasteiger partial charge in [0.05, 0.1) is 5.69 Å². The van der Waals surface area contributed by atoms with Crippen molar-refractivity contribution in [3.63, 3.8) is 0 Å². The Morgan fingerprint density at radius 1 is 0.375 bits per heavy atom. The summed E-state index contributed by atoms with van der Waals surface area (Å²) in [5.74, 6) is 0. The molecule has 0 aliphatic heterocycles. The zero-order valence-electron chi connectivity index (χ0n) is 32.1. The first-order valence-electron chi connectivity index (χ1n) is 19.7. The molecule has 0 atom stereocenters. The highest BCUT2D eigenvalue weighted by Gasteiger charge is 2.39. The Hall–Kier alpha value is -6.64. The van der Waals surface area contributed by atoms with E-state index in [-0.39, 0.29) is 10.8 Å². The van der Waals surface area contributed by atoms with Crippen LogP contribution in [-0.2, 0) is 10.8 Å².